The molecule has 1 aromatic rings. The average Bonchev–Trinajstić information content (AvgIpc) is 2.92. The lowest BCUT2D eigenvalue weighted by Gasteiger charge is -2.24. The molecule has 28 heavy (non-hydrogen) atoms. The first-order valence-electron chi connectivity index (χ1n) is 9.29. The second-order valence-corrected chi connectivity index (χ2v) is 6.92. The molecule has 1 aliphatic rings. The van der Waals surface area contributed by atoms with Crippen LogP contribution < -0.4 is 0 Å². The molecule has 0 radical (unpaired) electrons. The number of nitrogens with zero attached hydrogens (tertiary/aromatic N) is 3. The Kier molecular flexibility index (Phi) is 7.69. The Bertz CT molecular complexity index is 712. The molecular weight excluding hydrogens is 362 g/mol. The summed E-state index contributed by atoms with van der Waals surface area (Å²) in [5, 5.41) is 0. The monoisotopic (exact) mass is 389 g/mol. The Labute approximate surface area is 165 Å². The number of hydrogen-bond donors (Lipinski definition) is 0. The first kappa shape index (κ1) is 21.6. The number of carbonyl (C=O) groups is 4. The summed E-state index contributed by atoms with van der Waals surface area (Å²) >= 11 is 0. The van der Waals surface area contributed by atoms with E-state index in [1.54, 1.807) is 29.2 Å². The molecule has 2 rings (SSSR count). The van der Waals surface area contributed by atoms with Crippen LogP contribution in [0.2, 0.25) is 0 Å². The lowest BCUT2D eigenvalue weighted by Crippen LogP contribution is -2.38. The summed E-state index contributed by atoms with van der Waals surface area (Å²) in [6.45, 7) is 1.64. The van der Waals surface area contributed by atoms with Crippen LogP contribution in [-0.2, 0) is 14.3 Å². The molecule has 8 nitrogen and oxygen atoms in total. The Balaban J connectivity index is 1.88. The summed E-state index contributed by atoms with van der Waals surface area (Å²) in [6, 6.07) is 6.72. The van der Waals surface area contributed by atoms with Crippen molar-refractivity contribution < 1.29 is 23.9 Å². The molecule has 0 saturated heterocycles. The number of rotatable bonds is 10. The van der Waals surface area contributed by atoms with E-state index in [2.05, 4.69) is 4.74 Å². The van der Waals surface area contributed by atoms with Gasteiger partial charge < -0.3 is 14.5 Å². The van der Waals surface area contributed by atoms with Gasteiger partial charge in [0.1, 0.15) is 0 Å². The Morgan fingerprint density at radius 1 is 0.964 bits per heavy atom. The fourth-order valence-corrected chi connectivity index (χ4v) is 3.00. The number of imide groups is 1. The molecule has 0 spiro atoms. The molecule has 3 amide bonds. The van der Waals surface area contributed by atoms with Crippen molar-refractivity contribution in [2.75, 3.05) is 47.4 Å². The summed E-state index contributed by atoms with van der Waals surface area (Å²) in [4.78, 5) is 53.5. The van der Waals surface area contributed by atoms with Gasteiger partial charge in [0.2, 0.25) is 5.91 Å². The minimum absolute atomic E-state index is 0.109. The van der Waals surface area contributed by atoms with Crippen LogP contribution in [0.15, 0.2) is 24.3 Å². The highest BCUT2D eigenvalue weighted by molar-refractivity contribution is 6.21. The third-order valence-corrected chi connectivity index (χ3v) is 4.63. The first-order chi connectivity index (χ1) is 13.3. The number of fused-ring (bicyclic) bond motifs is 1. The van der Waals surface area contributed by atoms with E-state index in [-0.39, 0.29) is 49.6 Å². The van der Waals surface area contributed by atoms with E-state index < -0.39 is 0 Å². The molecule has 8 heteroatoms. The normalized spacial score (nSPS) is 13.1. The van der Waals surface area contributed by atoms with Gasteiger partial charge in [-0.15, -0.1) is 0 Å². The molecule has 0 bridgehead atoms. The number of hydrogen-bond acceptors (Lipinski definition) is 6. The minimum Gasteiger partial charge on any atom is -0.469 e. The van der Waals surface area contributed by atoms with Crippen molar-refractivity contribution in [3.63, 3.8) is 0 Å². The number of esters is 1. The number of benzene rings is 1. The largest absolute Gasteiger partial charge is 0.469 e. The molecule has 1 aromatic carbocycles. The molecule has 0 fully saturated rings. The van der Waals surface area contributed by atoms with Crippen LogP contribution in [0, 0.1) is 0 Å². The molecule has 1 heterocycles. The summed E-state index contributed by atoms with van der Waals surface area (Å²) in [6.07, 6.45) is 0.705. The predicted molar refractivity (Wildman–Crippen MR) is 103 cm³/mol. The van der Waals surface area contributed by atoms with Crippen molar-refractivity contribution in [3.05, 3.63) is 35.4 Å². The van der Waals surface area contributed by atoms with Gasteiger partial charge in [0, 0.05) is 32.6 Å². The van der Waals surface area contributed by atoms with E-state index in [0.29, 0.717) is 30.6 Å². The van der Waals surface area contributed by atoms with Gasteiger partial charge >= 0.3 is 5.97 Å². The molecule has 152 valence electrons. The molecule has 0 aliphatic carbocycles. The van der Waals surface area contributed by atoms with Gasteiger partial charge in [-0.05, 0) is 32.6 Å². The van der Waals surface area contributed by atoms with Crippen molar-refractivity contribution in [1.82, 2.24) is 14.7 Å². The van der Waals surface area contributed by atoms with Crippen LogP contribution in [0.25, 0.3) is 0 Å². The zero-order chi connectivity index (χ0) is 20.7. The Morgan fingerprint density at radius 3 is 2.11 bits per heavy atom. The van der Waals surface area contributed by atoms with E-state index in [0.717, 1.165) is 0 Å². The van der Waals surface area contributed by atoms with Gasteiger partial charge in [-0.25, -0.2) is 0 Å². The standard InChI is InChI=1S/C20H27N3O5/c1-21(2)13-14-22(12-10-18(25)28-3)17(24)9-6-11-23-19(26)15-7-4-5-8-16(15)20(23)27/h4-5,7-8H,6,9-14H2,1-3H3. The molecule has 0 saturated carbocycles. The number of carbonyl (C=O) groups excluding carboxylic acids is 4. The molecule has 0 aromatic heterocycles. The first-order valence-corrected chi connectivity index (χ1v) is 9.29. The van der Waals surface area contributed by atoms with E-state index in [1.165, 1.54) is 12.0 Å². The lowest BCUT2D eigenvalue weighted by atomic mass is 10.1. The van der Waals surface area contributed by atoms with Crippen molar-refractivity contribution >= 4 is 23.7 Å². The maximum Gasteiger partial charge on any atom is 0.307 e. The number of likely N-dealkylation sites (N-methyl/N-ethyl adjacent to an activating group) is 1. The van der Waals surface area contributed by atoms with Crippen molar-refractivity contribution in [2.45, 2.75) is 19.3 Å². The SMILES string of the molecule is COC(=O)CCN(CCN(C)C)C(=O)CCCN1C(=O)c2ccccc2C1=O. The van der Waals surface area contributed by atoms with Gasteiger partial charge in [0.05, 0.1) is 24.7 Å². The van der Waals surface area contributed by atoms with Crippen LogP contribution >= 0.6 is 0 Å². The summed E-state index contributed by atoms with van der Waals surface area (Å²) in [5.74, 6) is -1.11. The molecular formula is C20H27N3O5. The summed E-state index contributed by atoms with van der Waals surface area (Å²) in [5.41, 5.74) is 0.814. The molecule has 0 unspecified atom stereocenters. The van der Waals surface area contributed by atoms with Gasteiger partial charge in [-0.2, -0.15) is 0 Å². The molecule has 0 atom stereocenters. The topological polar surface area (TPSA) is 87.2 Å². The number of methoxy groups -OCH3 is 1. The van der Waals surface area contributed by atoms with Crippen LogP contribution in [-0.4, -0.2) is 85.8 Å². The second-order valence-electron chi connectivity index (χ2n) is 6.92. The Hall–Kier alpha value is -2.74. The summed E-state index contributed by atoms with van der Waals surface area (Å²) < 4.78 is 4.64. The van der Waals surface area contributed by atoms with Crippen LogP contribution in [0.5, 0.6) is 0 Å². The maximum absolute atomic E-state index is 12.6. The highest BCUT2D eigenvalue weighted by Gasteiger charge is 2.34. The lowest BCUT2D eigenvalue weighted by molar-refractivity contribution is -0.141. The maximum atomic E-state index is 12.6. The third-order valence-electron chi connectivity index (χ3n) is 4.63. The molecule has 1 aliphatic heterocycles. The van der Waals surface area contributed by atoms with Crippen molar-refractivity contribution in [3.8, 4) is 0 Å². The number of amides is 3. The van der Waals surface area contributed by atoms with E-state index in [9.17, 15) is 19.2 Å². The highest BCUT2D eigenvalue weighted by atomic mass is 16.5. The minimum atomic E-state index is -0.367. The van der Waals surface area contributed by atoms with Crippen molar-refractivity contribution in [2.24, 2.45) is 0 Å². The van der Waals surface area contributed by atoms with Gasteiger partial charge in [0.25, 0.3) is 11.8 Å². The molecule has 0 N–H and O–H groups in total. The Morgan fingerprint density at radius 2 is 1.57 bits per heavy atom. The second kappa shape index (κ2) is 9.98. The van der Waals surface area contributed by atoms with Crippen LogP contribution in [0.4, 0.5) is 0 Å². The number of ether oxygens (including phenoxy) is 1. The average molecular weight is 389 g/mol. The zero-order valence-electron chi connectivity index (χ0n) is 16.6. The van der Waals surface area contributed by atoms with Gasteiger partial charge in [-0.1, -0.05) is 12.1 Å². The van der Waals surface area contributed by atoms with Crippen LogP contribution in [0.3, 0.4) is 0 Å². The predicted octanol–water partition coefficient (Wildman–Crippen LogP) is 1.02. The van der Waals surface area contributed by atoms with Gasteiger partial charge in [-0.3, -0.25) is 24.1 Å². The van der Waals surface area contributed by atoms with Crippen molar-refractivity contribution in [1.29, 1.82) is 0 Å². The third kappa shape index (κ3) is 5.39. The zero-order valence-corrected chi connectivity index (χ0v) is 16.6. The fourth-order valence-electron chi connectivity index (χ4n) is 3.00. The quantitative estimate of drug-likeness (QED) is 0.439. The van der Waals surface area contributed by atoms with Crippen LogP contribution in [0.1, 0.15) is 40.0 Å². The smallest absolute Gasteiger partial charge is 0.307 e. The van der Waals surface area contributed by atoms with Gasteiger partial charge in [0.15, 0.2) is 0 Å². The summed E-state index contributed by atoms with van der Waals surface area (Å²) in [7, 11) is 5.13. The van der Waals surface area contributed by atoms with E-state index >= 15 is 0 Å². The van der Waals surface area contributed by atoms with E-state index in [4.69, 9.17) is 0 Å². The highest BCUT2D eigenvalue weighted by Crippen LogP contribution is 2.22. The van der Waals surface area contributed by atoms with E-state index in [1.807, 2.05) is 19.0 Å². The fraction of sp³-hybridized carbons (Fsp3) is 0.500.